The molecule has 2 saturated heterocycles. The van der Waals surface area contributed by atoms with E-state index in [0.29, 0.717) is 51.4 Å². The molecule has 9 nitrogen and oxygen atoms in total. The second kappa shape index (κ2) is 9.59. The molecule has 0 bridgehead atoms. The molecule has 0 aliphatic carbocycles. The highest BCUT2D eigenvalue weighted by Crippen LogP contribution is 2.35. The van der Waals surface area contributed by atoms with Gasteiger partial charge in [-0.25, -0.2) is 14.4 Å². The number of carbonyl (C=O) groups is 1. The highest BCUT2D eigenvalue weighted by atomic mass is 19.1. The van der Waals surface area contributed by atoms with Crippen LogP contribution in [0.25, 0.3) is 22.7 Å². The molecule has 10 heteroatoms. The van der Waals surface area contributed by atoms with Gasteiger partial charge in [0.15, 0.2) is 23.0 Å². The summed E-state index contributed by atoms with van der Waals surface area (Å²) < 4.78 is 23.4. The van der Waals surface area contributed by atoms with E-state index in [-0.39, 0.29) is 24.8 Å². The fourth-order valence-corrected chi connectivity index (χ4v) is 5.54. The van der Waals surface area contributed by atoms with Gasteiger partial charge in [0.25, 0.3) is 5.91 Å². The summed E-state index contributed by atoms with van der Waals surface area (Å²) in [6.45, 7) is 2.56. The zero-order chi connectivity index (χ0) is 25.4. The second-order valence-corrected chi connectivity index (χ2v) is 9.94. The molecule has 0 saturated carbocycles. The number of carbonyl (C=O) groups excluding carboxylic acids is 1. The number of hydrogen-bond donors (Lipinski definition) is 1. The summed E-state index contributed by atoms with van der Waals surface area (Å²) in [4.78, 5) is 31.0. The molecule has 4 aromatic heterocycles. The minimum absolute atomic E-state index is 0.0964. The van der Waals surface area contributed by atoms with Gasteiger partial charge in [-0.05, 0) is 43.2 Å². The predicted molar refractivity (Wildman–Crippen MR) is 137 cm³/mol. The summed E-state index contributed by atoms with van der Waals surface area (Å²) in [5, 5.41) is 0. The molecule has 0 radical (unpaired) electrons. The van der Waals surface area contributed by atoms with Gasteiger partial charge in [-0.1, -0.05) is 6.07 Å². The van der Waals surface area contributed by atoms with Crippen molar-refractivity contribution in [2.75, 3.05) is 31.9 Å². The Balaban J connectivity index is 1.13. The van der Waals surface area contributed by atoms with E-state index in [1.165, 1.54) is 0 Å². The van der Waals surface area contributed by atoms with Gasteiger partial charge < -0.3 is 19.6 Å². The molecule has 2 aliphatic rings. The molecule has 0 unspecified atom stereocenters. The Labute approximate surface area is 214 Å². The Morgan fingerprint density at radius 2 is 1.81 bits per heavy atom. The van der Waals surface area contributed by atoms with E-state index < -0.39 is 5.67 Å². The maximum absolute atomic E-state index is 15.8. The number of furan rings is 1. The van der Waals surface area contributed by atoms with Crippen LogP contribution in [0.3, 0.4) is 0 Å². The first kappa shape index (κ1) is 23.6. The van der Waals surface area contributed by atoms with E-state index in [4.69, 9.17) is 15.1 Å². The lowest BCUT2D eigenvalue weighted by Gasteiger charge is -2.40. The average Bonchev–Trinajstić information content (AvgIpc) is 3.53. The third-order valence-electron chi connectivity index (χ3n) is 7.55. The smallest absolute Gasteiger partial charge is 0.260 e. The lowest BCUT2D eigenvalue weighted by molar-refractivity contribution is -0.149. The monoisotopic (exact) mass is 503 g/mol. The summed E-state index contributed by atoms with van der Waals surface area (Å²) in [6.07, 6.45) is 5.29. The van der Waals surface area contributed by atoms with Crippen LogP contribution in [0.5, 0.6) is 0 Å². The fraction of sp³-hybridized carbons (Fsp3) is 0.407. The molecule has 192 valence electrons. The highest BCUT2D eigenvalue weighted by Gasteiger charge is 2.45. The molecular weight excluding hydrogens is 473 g/mol. The number of likely N-dealkylation sites (tertiary alicyclic amines) is 2. The Morgan fingerprint density at radius 3 is 2.51 bits per heavy atom. The van der Waals surface area contributed by atoms with Crippen LogP contribution in [-0.4, -0.2) is 67.1 Å². The van der Waals surface area contributed by atoms with Gasteiger partial charge in [-0.3, -0.25) is 14.7 Å². The number of amides is 1. The summed E-state index contributed by atoms with van der Waals surface area (Å²) in [5.74, 6) is 1.51. The van der Waals surface area contributed by atoms with Crippen molar-refractivity contribution in [3.05, 3.63) is 60.6 Å². The topological polar surface area (TPSA) is 106 Å². The Kier molecular flexibility index (Phi) is 6.11. The minimum Gasteiger partial charge on any atom is -0.445 e. The molecule has 6 heterocycles. The van der Waals surface area contributed by atoms with Gasteiger partial charge in [0, 0.05) is 63.5 Å². The molecule has 6 rings (SSSR count). The first-order valence-corrected chi connectivity index (χ1v) is 12.8. The molecular formula is C27H30FN7O2. The van der Waals surface area contributed by atoms with E-state index in [0.717, 1.165) is 28.4 Å². The van der Waals surface area contributed by atoms with Gasteiger partial charge in [0.05, 0.1) is 6.54 Å². The summed E-state index contributed by atoms with van der Waals surface area (Å²) in [5.41, 5.74) is 6.22. The van der Waals surface area contributed by atoms with Crippen LogP contribution < -0.4 is 5.73 Å². The van der Waals surface area contributed by atoms with Crippen LogP contribution in [0.2, 0.25) is 0 Å². The molecule has 0 aromatic carbocycles. The van der Waals surface area contributed by atoms with Crippen molar-refractivity contribution in [3.63, 3.8) is 0 Å². The molecule has 2 fully saturated rings. The number of anilines is 1. The number of pyridine rings is 2. The van der Waals surface area contributed by atoms with Gasteiger partial charge >= 0.3 is 0 Å². The Morgan fingerprint density at radius 1 is 1.03 bits per heavy atom. The van der Waals surface area contributed by atoms with Crippen LogP contribution in [0, 0.1) is 0 Å². The van der Waals surface area contributed by atoms with Crippen molar-refractivity contribution in [1.29, 1.82) is 0 Å². The van der Waals surface area contributed by atoms with Crippen LogP contribution in [-0.2, 0) is 11.3 Å². The first-order valence-electron chi connectivity index (χ1n) is 12.8. The number of aromatic nitrogens is 4. The maximum Gasteiger partial charge on any atom is 0.260 e. The summed E-state index contributed by atoms with van der Waals surface area (Å²) in [6, 6.07) is 13.2. The van der Waals surface area contributed by atoms with E-state index in [2.05, 4.69) is 19.4 Å². The maximum atomic E-state index is 15.8. The number of nitrogen functional groups attached to an aromatic ring is 1. The van der Waals surface area contributed by atoms with Crippen molar-refractivity contribution in [2.24, 2.45) is 0 Å². The molecule has 2 aliphatic heterocycles. The van der Waals surface area contributed by atoms with Crippen molar-refractivity contribution >= 4 is 23.0 Å². The van der Waals surface area contributed by atoms with Crippen LogP contribution in [0.4, 0.5) is 10.3 Å². The van der Waals surface area contributed by atoms with Gasteiger partial charge in [-0.15, -0.1) is 0 Å². The zero-order valence-electron chi connectivity index (χ0n) is 20.6. The number of nitrogens with zero attached hydrogens (tertiary/aromatic N) is 6. The number of imidazole rings is 1. The number of piperidine rings is 2. The normalized spacial score (nSPS) is 18.9. The summed E-state index contributed by atoms with van der Waals surface area (Å²) in [7, 11) is 0. The standard InChI is InChI=1S/C27H30FN7O2/c28-27(10-16-33(17-11-27)18-20-6-7-23(29)37-20)26(36)34-14-8-19(9-15-34)35-24-22(5-3-13-31-24)32-25(35)21-4-1-2-12-30-21/h1-7,12-13,19H,8-11,14-18,29H2. The van der Waals surface area contributed by atoms with E-state index in [9.17, 15) is 4.79 Å². The number of hydrogen-bond acceptors (Lipinski definition) is 7. The molecule has 37 heavy (non-hydrogen) atoms. The molecule has 0 atom stereocenters. The van der Waals surface area contributed by atoms with E-state index >= 15 is 4.39 Å². The molecule has 2 N–H and O–H groups in total. The lowest BCUT2D eigenvalue weighted by atomic mass is 9.90. The molecule has 4 aromatic rings. The highest BCUT2D eigenvalue weighted by molar-refractivity contribution is 5.85. The SMILES string of the molecule is Nc1ccc(CN2CCC(F)(C(=O)N3CCC(n4c(-c5ccccn5)nc5cccnc54)CC3)CC2)o1. The second-order valence-electron chi connectivity index (χ2n) is 9.94. The van der Waals surface area contributed by atoms with Gasteiger partial charge in [0.1, 0.15) is 17.0 Å². The third-order valence-corrected chi connectivity index (χ3v) is 7.55. The fourth-order valence-electron chi connectivity index (χ4n) is 5.54. The Hall–Kier alpha value is -3.79. The molecule has 0 spiro atoms. The van der Waals surface area contributed by atoms with Crippen LogP contribution in [0.15, 0.2) is 59.3 Å². The molecule has 1 amide bonds. The quantitative estimate of drug-likeness (QED) is 0.441. The third kappa shape index (κ3) is 4.57. The van der Waals surface area contributed by atoms with Crippen molar-refractivity contribution in [3.8, 4) is 11.5 Å². The average molecular weight is 504 g/mol. The van der Waals surface area contributed by atoms with Crippen molar-refractivity contribution in [2.45, 2.75) is 43.9 Å². The minimum atomic E-state index is -1.83. The number of halogens is 1. The number of nitrogens with two attached hydrogens (primary N) is 1. The first-order chi connectivity index (χ1) is 18.0. The zero-order valence-corrected chi connectivity index (χ0v) is 20.6. The van der Waals surface area contributed by atoms with Crippen molar-refractivity contribution < 1.29 is 13.6 Å². The Bertz CT molecular complexity index is 1390. The lowest BCUT2D eigenvalue weighted by Crippen LogP contribution is -2.53. The van der Waals surface area contributed by atoms with Crippen LogP contribution in [0.1, 0.15) is 37.5 Å². The van der Waals surface area contributed by atoms with Crippen LogP contribution >= 0.6 is 0 Å². The predicted octanol–water partition coefficient (Wildman–Crippen LogP) is 3.84. The number of rotatable bonds is 5. The van der Waals surface area contributed by atoms with Crippen molar-refractivity contribution in [1.82, 2.24) is 29.3 Å². The van der Waals surface area contributed by atoms with E-state index in [1.807, 2.05) is 36.4 Å². The summed E-state index contributed by atoms with van der Waals surface area (Å²) >= 11 is 0. The van der Waals surface area contributed by atoms with E-state index in [1.54, 1.807) is 23.4 Å². The van der Waals surface area contributed by atoms with Gasteiger partial charge in [0.2, 0.25) is 0 Å². The number of alkyl halides is 1. The van der Waals surface area contributed by atoms with Gasteiger partial charge in [-0.2, -0.15) is 0 Å². The number of fused-ring (bicyclic) bond motifs is 1. The largest absolute Gasteiger partial charge is 0.445 e.